The largest absolute Gasteiger partial charge is 0.595 e. The fourth-order valence-corrected chi connectivity index (χ4v) is 1.93. The van der Waals surface area contributed by atoms with Crippen LogP contribution in [0.2, 0.25) is 0 Å². The van der Waals surface area contributed by atoms with Crippen molar-refractivity contribution in [2.75, 3.05) is 19.1 Å². The lowest BCUT2D eigenvalue weighted by Crippen LogP contribution is -2.54. The van der Waals surface area contributed by atoms with Crippen LogP contribution in [-0.2, 0) is 11.3 Å². The number of aliphatic imine (C=N–C) groups is 1. The summed E-state index contributed by atoms with van der Waals surface area (Å²) in [6.45, 7) is 0.155. The summed E-state index contributed by atoms with van der Waals surface area (Å²) in [7, 11) is 3.54. The Balaban J connectivity index is 2.03. The molecule has 0 N–H and O–H groups in total. The summed E-state index contributed by atoms with van der Waals surface area (Å²) >= 11 is 3.24. The summed E-state index contributed by atoms with van der Waals surface area (Å²) in [4.78, 5) is 5.10. The van der Waals surface area contributed by atoms with Gasteiger partial charge in [0, 0.05) is 22.5 Å². The van der Waals surface area contributed by atoms with Gasteiger partial charge in [-0.1, -0.05) is 30.3 Å². The van der Waals surface area contributed by atoms with Gasteiger partial charge in [0.15, 0.2) is 6.08 Å². The maximum Gasteiger partial charge on any atom is 0.374 e. The molecule has 0 saturated carbocycles. The van der Waals surface area contributed by atoms with Crippen molar-refractivity contribution in [2.45, 2.75) is 6.61 Å². The molecule has 0 fully saturated rings. The van der Waals surface area contributed by atoms with E-state index in [4.69, 9.17) is 9.26 Å². The first kappa shape index (κ1) is 14.3. The Morgan fingerprint density at radius 3 is 2.75 bits per heavy atom. The summed E-state index contributed by atoms with van der Waals surface area (Å²) in [6.07, 6.45) is -0.739. The first-order chi connectivity index (χ1) is 9.58. The number of ether oxygens (including phenoxy) is 1. The summed E-state index contributed by atoms with van der Waals surface area (Å²) in [5.74, 6) is 0.0526. The van der Waals surface area contributed by atoms with Crippen molar-refractivity contribution in [3.8, 4) is 0 Å². The van der Waals surface area contributed by atoms with Gasteiger partial charge in [-0.15, -0.1) is 0 Å². The maximum atomic E-state index is 11.6. The molecule has 0 aliphatic rings. The van der Waals surface area contributed by atoms with Crippen LogP contribution in [0.5, 0.6) is 0 Å². The van der Waals surface area contributed by atoms with Crippen molar-refractivity contribution in [1.82, 2.24) is 5.27 Å². The van der Waals surface area contributed by atoms with Crippen molar-refractivity contribution in [1.29, 1.82) is 0 Å². The normalized spacial score (nSPS) is 11.4. The SMILES string of the molecule is CN(C)[n+]1noc(N=C([O-])OCc2ccccc2)c1Br. The lowest BCUT2D eigenvalue weighted by molar-refractivity contribution is -0.762. The summed E-state index contributed by atoms with van der Waals surface area (Å²) in [6, 6.07) is 9.34. The zero-order valence-electron chi connectivity index (χ0n) is 11.0. The number of nitrogens with zero attached hydrogens (tertiary/aromatic N) is 4. The third-order valence-corrected chi connectivity index (χ3v) is 2.99. The van der Waals surface area contributed by atoms with Crippen LogP contribution in [-0.4, -0.2) is 25.5 Å². The van der Waals surface area contributed by atoms with E-state index < -0.39 is 6.08 Å². The van der Waals surface area contributed by atoms with Crippen molar-refractivity contribution >= 4 is 27.9 Å². The zero-order chi connectivity index (χ0) is 14.5. The van der Waals surface area contributed by atoms with E-state index in [2.05, 4.69) is 26.2 Å². The number of halogens is 1. The van der Waals surface area contributed by atoms with Crippen LogP contribution in [0.1, 0.15) is 5.56 Å². The average Bonchev–Trinajstić information content (AvgIpc) is 2.79. The van der Waals surface area contributed by atoms with Gasteiger partial charge in [0.2, 0.25) is 5.27 Å². The molecular formula is C12H13BrN4O3. The van der Waals surface area contributed by atoms with Crippen molar-refractivity contribution in [3.63, 3.8) is 0 Å². The molecule has 0 bridgehead atoms. The minimum Gasteiger partial charge on any atom is -0.595 e. The second-order valence-electron chi connectivity index (χ2n) is 4.06. The third kappa shape index (κ3) is 3.47. The minimum absolute atomic E-state index is 0.0526. The van der Waals surface area contributed by atoms with Crippen molar-refractivity contribution in [2.24, 2.45) is 4.99 Å². The fourth-order valence-electron chi connectivity index (χ4n) is 1.39. The van der Waals surface area contributed by atoms with E-state index in [-0.39, 0.29) is 12.5 Å². The molecule has 8 heteroatoms. The quantitative estimate of drug-likeness (QED) is 0.459. The second kappa shape index (κ2) is 6.38. The van der Waals surface area contributed by atoms with E-state index in [1.165, 1.54) is 4.79 Å². The van der Waals surface area contributed by atoms with Gasteiger partial charge in [-0.25, -0.2) is 0 Å². The topological polar surface area (TPSA) is 77.8 Å². The van der Waals surface area contributed by atoms with E-state index in [9.17, 15) is 5.11 Å². The minimum atomic E-state index is -0.739. The Morgan fingerprint density at radius 1 is 1.45 bits per heavy atom. The molecular weight excluding hydrogens is 328 g/mol. The maximum absolute atomic E-state index is 11.6. The highest BCUT2D eigenvalue weighted by Gasteiger charge is 2.24. The Hall–Kier alpha value is -2.09. The highest BCUT2D eigenvalue weighted by Crippen LogP contribution is 2.20. The molecule has 1 aromatic heterocycles. The molecule has 1 heterocycles. The van der Waals surface area contributed by atoms with Crippen LogP contribution in [0.15, 0.2) is 44.5 Å². The molecule has 20 heavy (non-hydrogen) atoms. The standard InChI is InChI=1S/C12H13BrN4O3/c1-16(2)17-10(13)11(20-15-17)14-12(18)19-8-9-6-4-3-5-7-9/h3-7H,8H2,1-2H3. The van der Waals surface area contributed by atoms with Gasteiger partial charge in [0.05, 0.1) is 18.9 Å². The molecule has 0 aliphatic carbocycles. The average molecular weight is 341 g/mol. The molecule has 0 atom stereocenters. The molecule has 2 rings (SSSR count). The molecule has 0 radical (unpaired) electrons. The number of aromatic nitrogens is 2. The van der Waals surface area contributed by atoms with Crippen LogP contribution in [0.25, 0.3) is 0 Å². The van der Waals surface area contributed by atoms with Crippen LogP contribution < -0.4 is 14.9 Å². The number of hydrogen-bond acceptors (Lipinski definition) is 6. The monoisotopic (exact) mass is 340 g/mol. The van der Waals surface area contributed by atoms with Crippen LogP contribution in [0, 0.1) is 0 Å². The molecule has 2 aromatic rings. The van der Waals surface area contributed by atoms with E-state index >= 15 is 0 Å². The van der Waals surface area contributed by atoms with Gasteiger partial charge >= 0.3 is 10.5 Å². The predicted octanol–water partition coefficient (Wildman–Crippen LogP) is 0.487. The first-order valence-corrected chi connectivity index (χ1v) is 6.55. The van der Waals surface area contributed by atoms with Gasteiger partial charge in [0.25, 0.3) is 0 Å². The number of benzene rings is 1. The molecule has 0 spiro atoms. The van der Waals surface area contributed by atoms with Gasteiger partial charge in [-0.05, 0) is 5.56 Å². The van der Waals surface area contributed by atoms with E-state index in [0.717, 1.165) is 5.56 Å². The summed E-state index contributed by atoms with van der Waals surface area (Å²) in [5.41, 5.74) is 0.885. The Labute approximate surface area is 124 Å². The predicted molar refractivity (Wildman–Crippen MR) is 72.8 cm³/mol. The molecule has 0 unspecified atom stereocenters. The van der Waals surface area contributed by atoms with E-state index in [1.807, 2.05) is 30.3 Å². The van der Waals surface area contributed by atoms with Gasteiger partial charge in [0.1, 0.15) is 0 Å². The highest BCUT2D eigenvalue weighted by molar-refractivity contribution is 9.10. The van der Waals surface area contributed by atoms with Gasteiger partial charge < -0.3 is 9.84 Å². The molecule has 0 amide bonds. The van der Waals surface area contributed by atoms with Crippen LogP contribution >= 0.6 is 15.9 Å². The van der Waals surface area contributed by atoms with E-state index in [1.54, 1.807) is 19.1 Å². The third-order valence-electron chi connectivity index (χ3n) is 2.33. The zero-order valence-corrected chi connectivity index (χ0v) is 12.6. The van der Waals surface area contributed by atoms with Crippen LogP contribution in [0.4, 0.5) is 5.88 Å². The number of hydrogen-bond donors (Lipinski definition) is 0. The fraction of sp³-hybridized carbons (Fsp3) is 0.250. The molecule has 0 aliphatic heterocycles. The van der Waals surface area contributed by atoms with Crippen molar-refractivity contribution < 1.29 is 19.2 Å². The highest BCUT2D eigenvalue weighted by atomic mass is 79.9. The second-order valence-corrected chi connectivity index (χ2v) is 4.81. The Kier molecular flexibility index (Phi) is 4.57. The number of rotatable bonds is 4. The molecule has 7 nitrogen and oxygen atoms in total. The van der Waals surface area contributed by atoms with Crippen molar-refractivity contribution in [3.05, 3.63) is 40.5 Å². The molecule has 0 saturated heterocycles. The lowest BCUT2D eigenvalue weighted by atomic mass is 10.2. The molecule has 106 valence electrons. The van der Waals surface area contributed by atoms with E-state index in [0.29, 0.717) is 4.60 Å². The van der Waals surface area contributed by atoms with Crippen LogP contribution in [0.3, 0.4) is 0 Å². The van der Waals surface area contributed by atoms with Gasteiger partial charge in [-0.3, -0.25) is 4.52 Å². The first-order valence-electron chi connectivity index (χ1n) is 5.75. The Bertz CT molecular complexity index is 598. The summed E-state index contributed by atoms with van der Waals surface area (Å²) in [5, 5.41) is 17.0. The summed E-state index contributed by atoms with van der Waals surface area (Å²) < 4.78 is 10.4. The molecule has 1 aromatic carbocycles. The van der Waals surface area contributed by atoms with Gasteiger partial charge in [-0.2, -0.15) is 10.0 Å². The smallest absolute Gasteiger partial charge is 0.374 e. The lowest BCUT2D eigenvalue weighted by Gasteiger charge is -2.12. The Morgan fingerprint density at radius 2 is 2.15 bits per heavy atom.